The molecule has 1 aromatic rings. The third-order valence-corrected chi connectivity index (χ3v) is 2.75. The standard InChI is InChI=1S/C11H14N2O2.BrH/c14-13(15)11-5-3-10(4-6-11)9-12-7-1-2-8-12;/h3-6H,1-2,7-9H2;1H. The number of nitro benzene ring substituents is 1. The van der Waals surface area contributed by atoms with Crippen molar-refractivity contribution in [3.8, 4) is 0 Å². The van der Waals surface area contributed by atoms with Crippen molar-refractivity contribution < 1.29 is 4.92 Å². The van der Waals surface area contributed by atoms with Crippen LogP contribution in [0.3, 0.4) is 0 Å². The third kappa shape index (κ3) is 3.28. The average Bonchev–Trinajstić information content (AvgIpc) is 2.71. The van der Waals surface area contributed by atoms with E-state index in [1.54, 1.807) is 12.1 Å². The molecule has 0 spiro atoms. The number of hydrogen-bond acceptors (Lipinski definition) is 3. The van der Waals surface area contributed by atoms with Gasteiger partial charge in [-0.25, -0.2) is 0 Å². The van der Waals surface area contributed by atoms with E-state index >= 15 is 0 Å². The van der Waals surface area contributed by atoms with E-state index in [4.69, 9.17) is 0 Å². The molecular weight excluding hydrogens is 272 g/mol. The lowest BCUT2D eigenvalue weighted by atomic mass is 10.2. The normalized spacial score (nSPS) is 15.8. The second kappa shape index (κ2) is 5.96. The molecule has 2 rings (SSSR count). The lowest BCUT2D eigenvalue weighted by molar-refractivity contribution is -0.384. The van der Waals surface area contributed by atoms with Crippen LogP contribution in [-0.2, 0) is 6.54 Å². The van der Waals surface area contributed by atoms with Crippen molar-refractivity contribution in [1.82, 2.24) is 4.90 Å². The zero-order valence-electron chi connectivity index (χ0n) is 8.96. The first kappa shape index (κ1) is 13.1. The van der Waals surface area contributed by atoms with E-state index in [-0.39, 0.29) is 27.6 Å². The van der Waals surface area contributed by atoms with Gasteiger partial charge in [0.25, 0.3) is 5.69 Å². The second-order valence-electron chi connectivity index (χ2n) is 3.91. The Morgan fingerprint density at radius 1 is 1.19 bits per heavy atom. The van der Waals surface area contributed by atoms with Gasteiger partial charge >= 0.3 is 0 Å². The minimum Gasteiger partial charge on any atom is -0.299 e. The van der Waals surface area contributed by atoms with Crippen LogP contribution in [0.25, 0.3) is 0 Å². The van der Waals surface area contributed by atoms with Crippen molar-refractivity contribution >= 4 is 22.7 Å². The molecule has 88 valence electrons. The van der Waals surface area contributed by atoms with Crippen LogP contribution < -0.4 is 0 Å². The quantitative estimate of drug-likeness (QED) is 0.634. The van der Waals surface area contributed by atoms with Crippen LogP contribution in [0.1, 0.15) is 18.4 Å². The van der Waals surface area contributed by atoms with Gasteiger partial charge in [-0.3, -0.25) is 15.0 Å². The van der Waals surface area contributed by atoms with Crippen LogP contribution in [-0.4, -0.2) is 22.9 Å². The zero-order chi connectivity index (χ0) is 10.7. The number of halogens is 1. The van der Waals surface area contributed by atoms with Gasteiger partial charge < -0.3 is 0 Å². The van der Waals surface area contributed by atoms with Gasteiger partial charge in [0.05, 0.1) is 4.92 Å². The highest BCUT2D eigenvalue weighted by atomic mass is 79.9. The summed E-state index contributed by atoms with van der Waals surface area (Å²) in [6.07, 6.45) is 2.54. The van der Waals surface area contributed by atoms with Crippen molar-refractivity contribution in [3.63, 3.8) is 0 Å². The van der Waals surface area contributed by atoms with Crippen molar-refractivity contribution in [3.05, 3.63) is 39.9 Å². The van der Waals surface area contributed by atoms with Gasteiger partial charge in [-0.2, -0.15) is 0 Å². The van der Waals surface area contributed by atoms with Crippen LogP contribution in [0.4, 0.5) is 5.69 Å². The minimum absolute atomic E-state index is 0. The summed E-state index contributed by atoms with van der Waals surface area (Å²) in [4.78, 5) is 12.5. The molecular formula is C11H15BrN2O2. The van der Waals surface area contributed by atoms with Gasteiger partial charge in [0.15, 0.2) is 0 Å². The molecule has 1 aromatic carbocycles. The molecule has 1 aliphatic heterocycles. The highest BCUT2D eigenvalue weighted by molar-refractivity contribution is 8.93. The molecule has 1 aliphatic rings. The van der Waals surface area contributed by atoms with E-state index in [2.05, 4.69) is 4.90 Å². The van der Waals surface area contributed by atoms with Crippen LogP contribution in [0, 0.1) is 10.1 Å². The Morgan fingerprint density at radius 3 is 2.25 bits per heavy atom. The number of hydrogen-bond donors (Lipinski definition) is 0. The van der Waals surface area contributed by atoms with Crippen molar-refractivity contribution in [1.29, 1.82) is 0 Å². The number of nitrogens with zero attached hydrogens (tertiary/aromatic N) is 2. The fourth-order valence-electron chi connectivity index (χ4n) is 1.92. The Kier molecular flexibility index (Phi) is 4.89. The summed E-state index contributed by atoms with van der Waals surface area (Å²) >= 11 is 0. The molecule has 5 heteroatoms. The van der Waals surface area contributed by atoms with Gasteiger partial charge in [0.1, 0.15) is 0 Å². The van der Waals surface area contributed by atoms with Crippen molar-refractivity contribution in [2.45, 2.75) is 19.4 Å². The lowest BCUT2D eigenvalue weighted by Crippen LogP contribution is -2.18. The Bertz CT molecular complexity index is 348. The van der Waals surface area contributed by atoms with Crippen LogP contribution >= 0.6 is 17.0 Å². The molecule has 0 unspecified atom stereocenters. The number of likely N-dealkylation sites (tertiary alicyclic amines) is 1. The Labute approximate surface area is 105 Å². The van der Waals surface area contributed by atoms with Crippen LogP contribution in [0.5, 0.6) is 0 Å². The SMILES string of the molecule is Br.O=[N+]([O-])c1ccc(CN2CCCC2)cc1. The molecule has 16 heavy (non-hydrogen) atoms. The molecule has 0 amide bonds. The minimum atomic E-state index is -0.361. The van der Waals surface area contributed by atoms with Gasteiger partial charge in [-0.1, -0.05) is 12.1 Å². The molecule has 0 aliphatic carbocycles. The van der Waals surface area contributed by atoms with E-state index in [0.29, 0.717) is 0 Å². The molecule has 0 atom stereocenters. The lowest BCUT2D eigenvalue weighted by Gasteiger charge is -2.13. The second-order valence-corrected chi connectivity index (χ2v) is 3.91. The Balaban J connectivity index is 0.00000128. The first-order valence-electron chi connectivity index (χ1n) is 5.21. The molecule has 1 heterocycles. The zero-order valence-corrected chi connectivity index (χ0v) is 10.7. The maximum atomic E-state index is 10.5. The number of benzene rings is 1. The molecule has 0 bridgehead atoms. The first-order valence-corrected chi connectivity index (χ1v) is 5.21. The molecule has 4 nitrogen and oxygen atoms in total. The third-order valence-electron chi connectivity index (χ3n) is 2.75. The molecule has 0 saturated carbocycles. The highest BCUT2D eigenvalue weighted by Gasteiger charge is 2.12. The fraction of sp³-hybridized carbons (Fsp3) is 0.455. The van der Waals surface area contributed by atoms with Gasteiger partial charge in [0.2, 0.25) is 0 Å². The van der Waals surface area contributed by atoms with Crippen molar-refractivity contribution in [2.75, 3.05) is 13.1 Å². The maximum absolute atomic E-state index is 10.5. The van der Waals surface area contributed by atoms with E-state index in [9.17, 15) is 10.1 Å². The van der Waals surface area contributed by atoms with Gasteiger partial charge in [-0.15, -0.1) is 17.0 Å². The monoisotopic (exact) mass is 286 g/mol. The molecule has 0 radical (unpaired) electrons. The Morgan fingerprint density at radius 2 is 1.75 bits per heavy atom. The summed E-state index contributed by atoms with van der Waals surface area (Å²) in [5.74, 6) is 0. The van der Waals surface area contributed by atoms with Crippen molar-refractivity contribution in [2.24, 2.45) is 0 Å². The van der Waals surface area contributed by atoms with Gasteiger partial charge in [-0.05, 0) is 31.5 Å². The number of nitro groups is 1. The summed E-state index contributed by atoms with van der Waals surface area (Å²) in [7, 11) is 0. The van der Waals surface area contributed by atoms with E-state index in [1.807, 2.05) is 12.1 Å². The average molecular weight is 287 g/mol. The van der Waals surface area contributed by atoms with Crippen LogP contribution in [0.2, 0.25) is 0 Å². The highest BCUT2D eigenvalue weighted by Crippen LogP contribution is 2.16. The summed E-state index contributed by atoms with van der Waals surface area (Å²) in [5.41, 5.74) is 1.32. The van der Waals surface area contributed by atoms with E-state index in [1.165, 1.54) is 12.8 Å². The molecule has 1 fully saturated rings. The van der Waals surface area contributed by atoms with Gasteiger partial charge in [0, 0.05) is 18.7 Å². The Hall–Kier alpha value is -0.940. The summed E-state index contributed by atoms with van der Waals surface area (Å²) in [5, 5.41) is 10.5. The number of rotatable bonds is 3. The molecule has 0 aromatic heterocycles. The topological polar surface area (TPSA) is 46.4 Å². The molecule has 1 saturated heterocycles. The molecule has 0 N–H and O–H groups in total. The number of non-ortho nitro benzene ring substituents is 1. The summed E-state index contributed by atoms with van der Waals surface area (Å²) in [6.45, 7) is 3.21. The smallest absolute Gasteiger partial charge is 0.269 e. The van der Waals surface area contributed by atoms with E-state index in [0.717, 1.165) is 25.2 Å². The van der Waals surface area contributed by atoms with Crippen LogP contribution in [0.15, 0.2) is 24.3 Å². The van der Waals surface area contributed by atoms with E-state index < -0.39 is 0 Å². The predicted octanol–water partition coefficient (Wildman–Crippen LogP) is 2.77. The summed E-state index contributed by atoms with van der Waals surface area (Å²) in [6, 6.07) is 6.84. The fourth-order valence-corrected chi connectivity index (χ4v) is 1.92. The largest absolute Gasteiger partial charge is 0.299 e. The first-order chi connectivity index (χ1) is 7.25. The maximum Gasteiger partial charge on any atom is 0.269 e. The predicted molar refractivity (Wildman–Crippen MR) is 67.9 cm³/mol. The summed E-state index contributed by atoms with van der Waals surface area (Å²) < 4.78 is 0.